The lowest BCUT2D eigenvalue weighted by Crippen LogP contribution is -1.91. The molecular formula is C10H4BrCl2FN2. The van der Waals surface area contributed by atoms with Gasteiger partial charge in [-0.15, -0.1) is 0 Å². The van der Waals surface area contributed by atoms with Crippen molar-refractivity contribution in [1.29, 1.82) is 0 Å². The summed E-state index contributed by atoms with van der Waals surface area (Å²) in [5.74, 6) is -0.394. The van der Waals surface area contributed by atoms with Crippen LogP contribution in [0.1, 0.15) is 0 Å². The summed E-state index contributed by atoms with van der Waals surface area (Å²) in [6.45, 7) is 0. The molecule has 2 aromatic rings. The molecule has 0 aliphatic heterocycles. The second kappa shape index (κ2) is 4.65. The molecule has 0 radical (unpaired) electrons. The van der Waals surface area contributed by atoms with Gasteiger partial charge in [-0.2, -0.15) is 0 Å². The Balaban J connectivity index is 2.62. The number of hydrogen-bond acceptors (Lipinski definition) is 2. The average molecular weight is 322 g/mol. The maximum Gasteiger partial charge on any atom is 0.224 e. The van der Waals surface area contributed by atoms with E-state index in [2.05, 4.69) is 25.9 Å². The number of benzene rings is 1. The number of nitrogens with zero attached hydrogens (tertiary/aromatic N) is 2. The molecular weight excluding hydrogens is 318 g/mol. The van der Waals surface area contributed by atoms with Gasteiger partial charge in [-0.3, -0.25) is 0 Å². The van der Waals surface area contributed by atoms with Gasteiger partial charge in [-0.25, -0.2) is 14.4 Å². The van der Waals surface area contributed by atoms with E-state index < -0.39 is 5.82 Å². The van der Waals surface area contributed by atoms with Crippen molar-refractivity contribution in [2.45, 2.75) is 0 Å². The molecule has 0 bridgehead atoms. The molecule has 0 amide bonds. The van der Waals surface area contributed by atoms with Crippen LogP contribution < -0.4 is 0 Å². The Morgan fingerprint density at radius 2 is 1.88 bits per heavy atom. The summed E-state index contributed by atoms with van der Waals surface area (Å²) in [6.07, 6.45) is 0. The van der Waals surface area contributed by atoms with Crippen molar-refractivity contribution in [3.05, 3.63) is 45.0 Å². The highest BCUT2D eigenvalue weighted by atomic mass is 79.9. The Hall–Kier alpha value is -0.710. The van der Waals surface area contributed by atoms with Gasteiger partial charge in [0.15, 0.2) is 0 Å². The maximum atomic E-state index is 13.6. The van der Waals surface area contributed by atoms with Gasteiger partial charge in [0.25, 0.3) is 0 Å². The molecule has 0 spiro atoms. The maximum absolute atomic E-state index is 13.6. The Bertz CT molecular complexity index is 528. The van der Waals surface area contributed by atoms with Crippen LogP contribution in [0.4, 0.5) is 4.39 Å². The molecule has 0 N–H and O–H groups in total. The van der Waals surface area contributed by atoms with Gasteiger partial charge in [0.05, 0.1) is 5.69 Å². The van der Waals surface area contributed by atoms with E-state index in [0.717, 1.165) is 4.47 Å². The molecule has 2 nitrogen and oxygen atoms in total. The molecule has 1 aromatic heterocycles. The molecule has 0 aliphatic rings. The third-order valence-corrected chi connectivity index (χ3v) is 2.73. The van der Waals surface area contributed by atoms with Crippen molar-refractivity contribution in [2.24, 2.45) is 0 Å². The topological polar surface area (TPSA) is 25.8 Å². The SMILES string of the molecule is Fc1ccc(Br)cc1-c1cc(Cl)nc(Cl)n1. The fourth-order valence-electron chi connectivity index (χ4n) is 1.22. The summed E-state index contributed by atoms with van der Waals surface area (Å²) in [7, 11) is 0. The minimum absolute atomic E-state index is 0.0122. The van der Waals surface area contributed by atoms with Crippen molar-refractivity contribution < 1.29 is 4.39 Å². The molecule has 0 saturated carbocycles. The number of rotatable bonds is 1. The fourth-order valence-corrected chi connectivity index (χ4v) is 1.99. The van der Waals surface area contributed by atoms with Crippen molar-refractivity contribution in [3.63, 3.8) is 0 Å². The summed E-state index contributed by atoms with van der Waals surface area (Å²) in [4.78, 5) is 7.61. The minimum Gasteiger partial charge on any atom is -0.218 e. The van der Waals surface area contributed by atoms with E-state index in [4.69, 9.17) is 23.2 Å². The third kappa shape index (κ3) is 2.51. The van der Waals surface area contributed by atoms with E-state index in [0.29, 0.717) is 11.3 Å². The zero-order valence-corrected chi connectivity index (χ0v) is 10.8. The van der Waals surface area contributed by atoms with E-state index in [1.165, 1.54) is 12.1 Å². The molecule has 1 heterocycles. The summed E-state index contributed by atoms with van der Waals surface area (Å²) in [5.41, 5.74) is 0.671. The lowest BCUT2D eigenvalue weighted by atomic mass is 10.1. The van der Waals surface area contributed by atoms with Gasteiger partial charge in [0.2, 0.25) is 5.28 Å². The molecule has 16 heavy (non-hydrogen) atoms. The van der Waals surface area contributed by atoms with E-state index in [1.807, 2.05) is 0 Å². The van der Waals surface area contributed by atoms with Crippen LogP contribution in [-0.2, 0) is 0 Å². The first kappa shape index (κ1) is 11.8. The summed E-state index contributed by atoms with van der Waals surface area (Å²) < 4.78 is 14.3. The van der Waals surface area contributed by atoms with E-state index in [1.54, 1.807) is 12.1 Å². The Kier molecular flexibility index (Phi) is 3.42. The predicted octanol–water partition coefficient (Wildman–Crippen LogP) is 4.35. The van der Waals surface area contributed by atoms with Gasteiger partial charge in [-0.1, -0.05) is 27.5 Å². The smallest absolute Gasteiger partial charge is 0.218 e. The lowest BCUT2D eigenvalue weighted by Gasteiger charge is -2.04. The first-order valence-electron chi connectivity index (χ1n) is 4.22. The summed E-state index contributed by atoms with van der Waals surface area (Å²) in [5, 5.41) is 0.163. The molecule has 0 saturated heterocycles. The van der Waals surface area contributed by atoms with Crippen LogP contribution in [0, 0.1) is 5.82 Å². The van der Waals surface area contributed by atoms with Crippen molar-refractivity contribution >= 4 is 39.1 Å². The Labute approximate surface area is 110 Å². The van der Waals surface area contributed by atoms with Crippen LogP contribution in [0.25, 0.3) is 11.3 Å². The second-order valence-electron chi connectivity index (χ2n) is 2.97. The normalized spacial score (nSPS) is 10.5. The van der Waals surface area contributed by atoms with Crippen molar-refractivity contribution in [2.75, 3.05) is 0 Å². The van der Waals surface area contributed by atoms with Crippen LogP contribution in [0.5, 0.6) is 0 Å². The van der Waals surface area contributed by atoms with Gasteiger partial charge >= 0.3 is 0 Å². The molecule has 0 aliphatic carbocycles. The summed E-state index contributed by atoms with van der Waals surface area (Å²) >= 11 is 14.6. The predicted molar refractivity (Wildman–Crippen MR) is 65.1 cm³/mol. The van der Waals surface area contributed by atoms with E-state index in [9.17, 15) is 4.39 Å². The lowest BCUT2D eigenvalue weighted by molar-refractivity contribution is 0.630. The second-order valence-corrected chi connectivity index (χ2v) is 4.61. The first-order valence-corrected chi connectivity index (χ1v) is 5.76. The molecule has 1 aromatic carbocycles. The fraction of sp³-hybridized carbons (Fsp3) is 0. The first-order chi connectivity index (χ1) is 7.56. The van der Waals surface area contributed by atoms with Crippen LogP contribution in [0.15, 0.2) is 28.7 Å². The highest BCUT2D eigenvalue weighted by Gasteiger charge is 2.09. The molecule has 0 fully saturated rings. The highest BCUT2D eigenvalue weighted by molar-refractivity contribution is 9.10. The van der Waals surface area contributed by atoms with E-state index >= 15 is 0 Å². The minimum atomic E-state index is -0.394. The van der Waals surface area contributed by atoms with Gasteiger partial charge < -0.3 is 0 Å². The number of halogens is 4. The van der Waals surface area contributed by atoms with Gasteiger partial charge in [-0.05, 0) is 29.8 Å². The monoisotopic (exact) mass is 320 g/mol. The number of aromatic nitrogens is 2. The van der Waals surface area contributed by atoms with Crippen LogP contribution in [0.3, 0.4) is 0 Å². The Morgan fingerprint density at radius 1 is 1.12 bits per heavy atom. The van der Waals surface area contributed by atoms with Crippen molar-refractivity contribution in [1.82, 2.24) is 9.97 Å². The molecule has 0 atom stereocenters. The van der Waals surface area contributed by atoms with E-state index in [-0.39, 0.29) is 10.4 Å². The quantitative estimate of drug-likeness (QED) is 0.576. The molecule has 2 rings (SSSR count). The van der Waals surface area contributed by atoms with Gasteiger partial charge in [0.1, 0.15) is 11.0 Å². The van der Waals surface area contributed by atoms with Gasteiger partial charge in [0, 0.05) is 16.1 Å². The molecule has 6 heteroatoms. The standard InChI is InChI=1S/C10H4BrCl2FN2/c11-5-1-2-7(14)6(3-5)8-4-9(12)16-10(13)15-8/h1-4H. The van der Waals surface area contributed by atoms with Crippen molar-refractivity contribution in [3.8, 4) is 11.3 Å². The average Bonchev–Trinajstić information content (AvgIpc) is 2.20. The van der Waals surface area contributed by atoms with Crippen LogP contribution >= 0.6 is 39.1 Å². The molecule has 0 unspecified atom stereocenters. The molecule has 82 valence electrons. The zero-order valence-electron chi connectivity index (χ0n) is 7.72. The number of hydrogen-bond donors (Lipinski definition) is 0. The largest absolute Gasteiger partial charge is 0.224 e. The van der Waals surface area contributed by atoms with Crippen LogP contribution in [0.2, 0.25) is 10.4 Å². The third-order valence-electron chi connectivity index (χ3n) is 1.87. The summed E-state index contributed by atoms with van der Waals surface area (Å²) in [6, 6.07) is 6.00. The highest BCUT2D eigenvalue weighted by Crippen LogP contribution is 2.26. The zero-order chi connectivity index (χ0) is 11.7. The van der Waals surface area contributed by atoms with Crippen LogP contribution in [-0.4, -0.2) is 9.97 Å². The Morgan fingerprint density at radius 3 is 2.56 bits per heavy atom.